The Hall–Kier alpha value is -2.46. The predicted octanol–water partition coefficient (Wildman–Crippen LogP) is 4.99. The highest BCUT2D eigenvalue weighted by molar-refractivity contribution is 6.06. The third-order valence-electron chi connectivity index (χ3n) is 5.51. The number of benzene rings is 2. The second-order valence-corrected chi connectivity index (χ2v) is 8.90. The number of amides is 1. The lowest BCUT2D eigenvalue weighted by Gasteiger charge is -2.38. The third-order valence-corrected chi connectivity index (χ3v) is 5.51. The van der Waals surface area contributed by atoms with Gasteiger partial charge in [-0.3, -0.25) is 9.59 Å². The number of carbonyl (C=O) groups excluding carboxylic acids is 2. The van der Waals surface area contributed by atoms with Crippen LogP contribution >= 0.6 is 0 Å². The Bertz CT molecular complexity index is 928. The molecule has 1 aliphatic rings. The first-order chi connectivity index (χ1) is 13.1. The van der Waals surface area contributed by atoms with Gasteiger partial charge in [0.1, 0.15) is 0 Å². The van der Waals surface area contributed by atoms with E-state index in [0.29, 0.717) is 11.1 Å². The Morgan fingerprint density at radius 2 is 1.82 bits per heavy atom. The number of nitrogens with one attached hydrogen (secondary N) is 1. The molecule has 0 fully saturated rings. The number of hydrogen-bond donors (Lipinski definition) is 1. The van der Waals surface area contributed by atoms with E-state index in [1.807, 2.05) is 26.0 Å². The maximum Gasteiger partial charge on any atom is 0.255 e. The molecular formula is C24H30N2O2. The van der Waals surface area contributed by atoms with Gasteiger partial charge in [0.05, 0.1) is 0 Å². The molecule has 0 saturated heterocycles. The lowest BCUT2D eigenvalue weighted by molar-refractivity contribution is 0.101. The van der Waals surface area contributed by atoms with Crippen molar-refractivity contribution < 1.29 is 9.59 Å². The zero-order valence-electron chi connectivity index (χ0n) is 17.7. The standard InChI is InChI=1S/C24H30N2O2/c1-15(2)20-9-7-17(12-21(20)16(3)27)23(28)25-19-8-10-22-18(11-19)13-26(6)14-24(22,4)5/h7-12,15H,13-14H2,1-6H3,(H,25,28). The zero-order valence-corrected chi connectivity index (χ0v) is 17.7. The second-order valence-electron chi connectivity index (χ2n) is 8.90. The van der Waals surface area contributed by atoms with Gasteiger partial charge < -0.3 is 10.2 Å². The first kappa shape index (κ1) is 20.3. The van der Waals surface area contributed by atoms with E-state index in [-0.39, 0.29) is 23.0 Å². The summed E-state index contributed by atoms with van der Waals surface area (Å²) in [7, 11) is 2.12. The summed E-state index contributed by atoms with van der Waals surface area (Å²) in [5, 5.41) is 3.00. The number of ketones is 1. The molecule has 148 valence electrons. The number of nitrogens with zero attached hydrogens (tertiary/aromatic N) is 1. The Balaban J connectivity index is 1.87. The van der Waals surface area contributed by atoms with Crippen LogP contribution < -0.4 is 5.32 Å². The molecule has 0 radical (unpaired) electrons. The average Bonchev–Trinajstić information content (AvgIpc) is 2.59. The fourth-order valence-corrected chi connectivity index (χ4v) is 4.28. The van der Waals surface area contributed by atoms with E-state index in [0.717, 1.165) is 24.3 Å². The lowest BCUT2D eigenvalue weighted by atomic mass is 9.78. The minimum Gasteiger partial charge on any atom is -0.322 e. The monoisotopic (exact) mass is 378 g/mol. The molecule has 0 spiro atoms. The van der Waals surface area contributed by atoms with Crippen molar-refractivity contribution >= 4 is 17.4 Å². The summed E-state index contributed by atoms with van der Waals surface area (Å²) in [4.78, 5) is 27.1. The van der Waals surface area contributed by atoms with Gasteiger partial charge >= 0.3 is 0 Å². The molecule has 3 rings (SSSR count). The fourth-order valence-electron chi connectivity index (χ4n) is 4.28. The zero-order chi connectivity index (χ0) is 20.6. The minimum atomic E-state index is -0.193. The van der Waals surface area contributed by atoms with Crippen LogP contribution in [0, 0.1) is 0 Å². The fraction of sp³-hybridized carbons (Fsp3) is 0.417. The molecule has 0 saturated carbocycles. The Kier molecular flexibility index (Phi) is 5.44. The van der Waals surface area contributed by atoms with Gasteiger partial charge in [-0.1, -0.05) is 39.8 Å². The van der Waals surface area contributed by atoms with Crippen molar-refractivity contribution in [1.82, 2.24) is 4.90 Å². The van der Waals surface area contributed by atoms with Crippen LogP contribution in [0.4, 0.5) is 5.69 Å². The largest absolute Gasteiger partial charge is 0.322 e. The van der Waals surface area contributed by atoms with Gasteiger partial charge in [-0.25, -0.2) is 0 Å². The molecule has 28 heavy (non-hydrogen) atoms. The van der Waals surface area contributed by atoms with Crippen molar-refractivity contribution in [2.24, 2.45) is 0 Å². The van der Waals surface area contributed by atoms with Gasteiger partial charge in [0.2, 0.25) is 0 Å². The van der Waals surface area contributed by atoms with Crippen molar-refractivity contribution in [2.45, 2.75) is 52.5 Å². The molecule has 0 aromatic heterocycles. The molecule has 0 unspecified atom stereocenters. The summed E-state index contributed by atoms with van der Waals surface area (Å²) in [6.07, 6.45) is 0. The van der Waals surface area contributed by atoms with Gasteiger partial charge in [-0.05, 0) is 60.8 Å². The lowest BCUT2D eigenvalue weighted by Crippen LogP contribution is -2.39. The molecule has 0 bridgehead atoms. The Morgan fingerprint density at radius 3 is 2.46 bits per heavy atom. The van der Waals surface area contributed by atoms with Gasteiger partial charge in [-0.15, -0.1) is 0 Å². The highest BCUT2D eigenvalue weighted by atomic mass is 16.1. The van der Waals surface area contributed by atoms with Crippen molar-refractivity contribution in [1.29, 1.82) is 0 Å². The highest BCUT2D eigenvalue weighted by Gasteiger charge is 2.30. The number of likely N-dealkylation sites (N-methyl/N-ethyl adjacent to an activating group) is 1. The van der Waals surface area contributed by atoms with E-state index in [9.17, 15) is 9.59 Å². The summed E-state index contributed by atoms with van der Waals surface area (Å²) >= 11 is 0. The first-order valence-electron chi connectivity index (χ1n) is 9.86. The number of rotatable bonds is 4. The van der Waals surface area contributed by atoms with Crippen molar-refractivity contribution in [2.75, 3.05) is 18.9 Å². The van der Waals surface area contributed by atoms with Gasteiger partial charge in [-0.2, -0.15) is 0 Å². The Morgan fingerprint density at radius 1 is 1.11 bits per heavy atom. The van der Waals surface area contributed by atoms with Crippen LogP contribution in [0.3, 0.4) is 0 Å². The summed E-state index contributed by atoms with van der Waals surface area (Å²) in [5.74, 6) is 0.0237. The van der Waals surface area contributed by atoms with Crippen molar-refractivity contribution in [3.05, 3.63) is 64.2 Å². The van der Waals surface area contributed by atoms with E-state index < -0.39 is 0 Å². The van der Waals surface area contributed by atoms with E-state index in [2.05, 4.69) is 43.2 Å². The molecule has 1 amide bonds. The van der Waals surface area contributed by atoms with Crippen LogP contribution in [-0.4, -0.2) is 30.2 Å². The highest BCUT2D eigenvalue weighted by Crippen LogP contribution is 2.34. The van der Waals surface area contributed by atoms with Crippen molar-refractivity contribution in [3.8, 4) is 0 Å². The summed E-state index contributed by atoms with van der Waals surface area (Å²) in [5.41, 5.74) is 5.56. The maximum atomic E-state index is 12.8. The molecule has 4 heteroatoms. The van der Waals surface area contributed by atoms with Gasteiger partial charge in [0, 0.05) is 35.3 Å². The number of anilines is 1. The van der Waals surface area contributed by atoms with Crippen LogP contribution in [0.5, 0.6) is 0 Å². The number of carbonyl (C=O) groups is 2. The molecule has 4 nitrogen and oxygen atoms in total. The summed E-state index contributed by atoms with van der Waals surface area (Å²) in [6, 6.07) is 11.6. The van der Waals surface area contributed by atoms with E-state index in [4.69, 9.17) is 0 Å². The molecule has 1 N–H and O–H groups in total. The molecule has 2 aromatic rings. The van der Waals surface area contributed by atoms with Gasteiger partial charge in [0.25, 0.3) is 5.91 Å². The van der Waals surface area contributed by atoms with Crippen molar-refractivity contribution in [3.63, 3.8) is 0 Å². The van der Waals surface area contributed by atoms with E-state index in [1.165, 1.54) is 11.1 Å². The molecule has 2 aromatic carbocycles. The van der Waals surface area contributed by atoms with Crippen LogP contribution in [0.1, 0.15) is 77.9 Å². The summed E-state index contributed by atoms with van der Waals surface area (Å²) < 4.78 is 0. The van der Waals surface area contributed by atoms with Crippen LogP contribution in [-0.2, 0) is 12.0 Å². The number of fused-ring (bicyclic) bond motifs is 1. The van der Waals surface area contributed by atoms with Gasteiger partial charge in [0.15, 0.2) is 5.78 Å². The van der Waals surface area contributed by atoms with Crippen LogP contribution in [0.25, 0.3) is 0 Å². The quantitative estimate of drug-likeness (QED) is 0.763. The summed E-state index contributed by atoms with van der Waals surface area (Å²) in [6.45, 7) is 12.0. The first-order valence-corrected chi connectivity index (χ1v) is 9.86. The SMILES string of the molecule is CC(=O)c1cc(C(=O)Nc2ccc3c(c2)CN(C)CC3(C)C)ccc1C(C)C. The smallest absolute Gasteiger partial charge is 0.255 e. The number of Topliss-reactive ketones (excluding diaryl/α,β-unsaturated/α-hetero) is 1. The molecular weight excluding hydrogens is 348 g/mol. The maximum absolute atomic E-state index is 12.8. The van der Waals surface area contributed by atoms with Crippen LogP contribution in [0.2, 0.25) is 0 Å². The molecule has 0 aliphatic carbocycles. The molecule has 0 atom stereocenters. The Labute approximate surface area is 167 Å². The van der Waals surface area contributed by atoms with Crippen LogP contribution in [0.15, 0.2) is 36.4 Å². The topological polar surface area (TPSA) is 49.4 Å². The van der Waals surface area contributed by atoms with E-state index >= 15 is 0 Å². The molecule has 1 heterocycles. The predicted molar refractivity (Wildman–Crippen MR) is 114 cm³/mol. The third kappa shape index (κ3) is 4.02. The average molecular weight is 379 g/mol. The normalized spacial score (nSPS) is 16.0. The molecule has 1 aliphatic heterocycles. The van der Waals surface area contributed by atoms with E-state index in [1.54, 1.807) is 19.1 Å². The minimum absolute atomic E-state index is 0.0163. The number of hydrogen-bond acceptors (Lipinski definition) is 3. The second kappa shape index (κ2) is 7.51.